The number of carboxylic acid groups (broad SMARTS) is 2. The molecule has 1 heterocycles. The Hall–Kier alpha value is -1.87. The van der Waals surface area contributed by atoms with E-state index in [4.69, 9.17) is 10.2 Å². The summed E-state index contributed by atoms with van der Waals surface area (Å²) in [6.07, 6.45) is 1.81. The molecular weight excluding hydrogens is 264 g/mol. The minimum Gasteiger partial charge on any atom is -0.481 e. The van der Waals surface area contributed by atoms with Crippen molar-refractivity contribution in [1.29, 1.82) is 0 Å². The van der Waals surface area contributed by atoms with Gasteiger partial charge in [-0.25, -0.2) is 8.42 Å². The van der Waals surface area contributed by atoms with Gasteiger partial charge in [0.05, 0.1) is 4.90 Å². The lowest BCUT2D eigenvalue weighted by molar-refractivity contribution is -0.140. The van der Waals surface area contributed by atoms with Crippen LogP contribution in [0.4, 0.5) is 0 Å². The molecule has 0 aromatic carbocycles. The van der Waals surface area contributed by atoms with Gasteiger partial charge in [-0.15, -0.1) is 0 Å². The number of aliphatic carboxylic acids is 2. The molecule has 100 valence electrons. The molecule has 0 saturated carbocycles. The van der Waals surface area contributed by atoms with Gasteiger partial charge in [-0.1, -0.05) is 0 Å². The highest BCUT2D eigenvalue weighted by Gasteiger charge is 2.26. The highest BCUT2D eigenvalue weighted by atomic mass is 32.2. The van der Waals surface area contributed by atoms with E-state index < -0.39 is 34.4 Å². The van der Waals surface area contributed by atoms with E-state index in [1.54, 1.807) is 0 Å². The Kier molecular flexibility index (Phi) is 4.45. The summed E-state index contributed by atoms with van der Waals surface area (Å²) in [6, 6.07) is -0.209. The molecule has 0 radical (unpaired) electrons. The van der Waals surface area contributed by atoms with Gasteiger partial charge in [0.15, 0.2) is 0 Å². The molecule has 4 N–H and O–H groups in total. The van der Waals surface area contributed by atoms with Crippen LogP contribution in [-0.4, -0.2) is 41.6 Å². The van der Waals surface area contributed by atoms with E-state index >= 15 is 0 Å². The first kappa shape index (κ1) is 14.2. The average molecular weight is 276 g/mol. The topological polar surface area (TPSA) is 137 Å². The zero-order chi connectivity index (χ0) is 13.8. The molecule has 0 aliphatic rings. The van der Waals surface area contributed by atoms with Gasteiger partial charge in [0.2, 0.25) is 10.0 Å². The predicted molar refractivity (Wildman–Crippen MR) is 59.4 cm³/mol. The summed E-state index contributed by atoms with van der Waals surface area (Å²) in [4.78, 5) is 23.6. The lowest BCUT2D eigenvalue weighted by Gasteiger charge is -2.12. The first-order valence-corrected chi connectivity index (χ1v) is 6.41. The van der Waals surface area contributed by atoms with Crippen LogP contribution in [-0.2, 0) is 19.6 Å². The maximum Gasteiger partial charge on any atom is 0.321 e. The summed E-state index contributed by atoms with van der Waals surface area (Å²) in [5.41, 5.74) is 0. The minimum absolute atomic E-state index is 0.107. The monoisotopic (exact) mass is 276 g/mol. The second-order valence-electron chi connectivity index (χ2n) is 3.49. The molecule has 0 aliphatic heterocycles. The number of nitrogens with one attached hydrogen (secondary N) is 2. The van der Waals surface area contributed by atoms with Crippen molar-refractivity contribution in [3.05, 3.63) is 18.5 Å². The van der Waals surface area contributed by atoms with Crippen molar-refractivity contribution in [2.75, 3.05) is 0 Å². The van der Waals surface area contributed by atoms with E-state index in [0.717, 1.165) is 0 Å². The minimum atomic E-state index is -3.96. The molecule has 0 spiro atoms. The van der Waals surface area contributed by atoms with Crippen LogP contribution in [0.3, 0.4) is 0 Å². The van der Waals surface area contributed by atoms with Crippen LogP contribution in [0.2, 0.25) is 0 Å². The van der Waals surface area contributed by atoms with E-state index in [-0.39, 0.29) is 11.3 Å². The fourth-order valence-corrected chi connectivity index (χ4v) is 2.43. The van der Waals surface area contributed by atoms with E-state index in [1.807, 2.05) is 4.72 Å². The van der Waals surface area contributed by atoms with Gasteiger partial charge < -0.3 is 15.2 Å². The van der Waals surface area contributed by atoms with Crippen molar-refractivity contribution < 1.29 is 28.2 Å². The SMILES string of the molecule is O=C(O)CC[C@H](NS(=O)(=O)c1cc[nH]c1)C(=O)O. The van der Waals surface area contributed by atoms with Gasteiger partial charge in [-0.2, -0.15) is 4.72 Å². The zero-order valence-corrected chi connectivity index (χ0v) is 9.98. The number of hydrogen-bond donors (Lipinski definition) is 4. The van der Waals surface area contributed by atoms with Crippen molar-refractivity contribution in [3.8, 4) is 0 Å². The third kappa shape index (κ3) is 3.86. The summed E-state index contributed by atoms with van der Waals surface area (Å²) >= 11 is 0. The van der Waals surface area contributed by atoms with Crippen LogP contribution in [0.5, 0.6) is 0 Å². The second-order valence-corrected chi connectivity index (χ2v) is 5.21. The molecule has 0 fully saturated rings. The number of carbonyl (C=O) groups is 2. The molecule has 0 saturated heterocycles. The second kappa shape index (κ2) is 5.65. The van der Waals surface area contributed by atoms with Crippen LogP contribution in [0, 0.1) is 0 Å². The molecule has 1 rings (SSSR count). The standard InChI is InChI=1S/C9H12N2O6S/c12-8(13)2-1-7(9(14)15)11-18(16,17)6-3-4-10-5-6/h3-5,7,10-11H,1-2H2,(H,12,13)(H,14,15)/t7-/m0/s1. The third-order valence-corrected chi connectivity index (χ3v) is 3.59. The number of carboxylic acids is 2. The van der Waals surface area contributed by atoms with Crippen molar-refractivity contribution in [1.82, 2.24) is 9.71 Å². The normalized spacial score (nSPS) is 13.1. The maximum atomic E-state index is 11.7. The van der Waals surface area contributed by atoms with Gasteiger partial charge >= 0.3 is 11.9 Å². The molecule has 8 nitrogen and oxygen atoms in total. The number of aromatic amines is 1. The van der Waals surface area contributed by atoms with Gasteiger partial charge in [0.1, 0.15) is 6.04 Å². The molecular formula is C9H12N2O6S. The summed E-state index contributed by atoms with van der Waals surface area (Å²) < 4.78 is 25.4. The largest absolute Gasteiger partial charge is 0.481 e. The Morgan fingerprint density at radius 1 is 1.39 bits per heavy atom. The molecule has 1 aromatic heterocycles. The van der Waals surface area contributed by atoms with Crippen LogP contribution in [0.1, 0.15) is 12.8 Å². The molecule has 1 atom stereocenters. The lowest BCUT2D eigenvalue weighted by Crippen LogP contribution is -2.40. The molecule has 0 bridgehead atoms. The Balaban J connectivity index is 2.78. The van der Waals surface area contributed by atoms with Crippen molar-refractivity contribution in [2.24, 2.45) is 0 Å². The smallest absolute Gasteiger partial charge is 0.321 e. The first-order chi connectivity index (χ1) is 8.33. The van der Waals surface area contributed by atoms with Crippen molar-refractivity contribution in [3.63, 3.8) is 0 Å². The highest BCUT2D eigenvalue weighted by molar-refractivity contribution is 7.89. The van der Waals surface area contributed by atoms with Crippen LogP contribution >= 0.6 is 0 Å². The van der Waals surface area contributed by atoms with Gasteiger partial charge in [-0.3, -0.25) is 9.59 Å². The van der Waals surface area contributed by atoms with E-state index in [1.165, 1.54) is 18.5 Å². The third-order valence-electron chi connectivity index (χ3n) is 2.12. The summed E-state index contributed by atoms with van der Waals surface area (Å²) in [5.74, 6) is -2.61. The van der Waals surface area contributed by atoms with Gasteiger partial charge in [0.25, 0.3) is 0 Å². The van der Waals surface area contributed by atoms with Crippen LogP contribution < -0.4 is 4.72 Å². The highest BCUT2D eigenvalue weighted by Crippen LogP contribution is 2.09. The number of aromatic nitrogens is 1. The van der Waals surface area contributed by atoms with Gasteiger partial charge in [0, 0.05) is 18.8 Å². The van der Waals surface area contributed by atoms with Crippen LogP contribution in [0.15, 0.2) is 23.4 Å². The molecule has 1 aromatic rings. The number of H-pyrrole nitrogens is 1. The lowest BCUT2D eigenvalue weighted by atomic mass is 10.2. The fraction of sp³-hybridized carbons (Fsp3) is 0.333. The predicted octanol–water partition coefficient (Wildman–Crippen LogP) is -0.389. The van der Waals surface area contributed by atoms with E-state index in [2.05, 4.69) is 4.98 Å². The molecule has 18 heavy (non-hydrogen) atoms. The van der Waals surface area contributed by atoms with E-state index in [9.17, 15) is 18.0 Å². The van der Waals surface area contributed by atoms with E-state index in [0.29, 0.717) is 0 Å². The van der Waals surface area contributed by atoms with Gasteiger partial charge in [-0.05, 0) is 12.5 Å². The fourth-order valence-electron chi connectivity index (χ4n) is 1.23. The molecule has 0 aliphatic carbocycles. The van der Waals surface area contributed by atoms with Crippen molar-refractivity contribution in [2.45, 2.75) is 23.8 Å². The Morgan fingerprint density at radius 2 is 2.06 bits per heavy atom. The quantitative estimate of drug-likeness (QED) is 0.535. The summed E-state index contributed by atoms with van der Waals surface area (Å²) in [7, 11) is -3.96. The Labute approximate surface area is 103 Å². The summed E-state index contributed by atoms with van der Waals surface area (Å²) in [5, 5.41) is 17.3. The molecule has 0 amide bonds. The average Bonchev–Trinajstić information content (AvgIpc) is 2.77. The zero-order valence-electron chi connectivity index (χ0n) is 9.16. The number of hydrogen-bond acceptors (Lipinski definition) is 4. The molecule has 9 heteroatoms. The van der Waals surface area contributed by atoms with Crippen LogP contribution in [0.25, 0.3) is 0 Å². The number of sulfonamides is 1. The summed E-state index contributed by atoms with van der Waals surface area (Å²) in [6.45, 7) is 0. The first-order valence-electron chi connectivity index (χ1n) is 4.92. The number of rotatable bonds is 7. The molecule has 0 unspecified atom stereocenters. The van der Waals surface area contributed by atoms with Crippen molar-refractivity contribution >= 4 is 22.0 Å². The maximum absolute atomic E-state index is 11.7. The Bertz CT molecular complexity index is 521. The Morgan fingerprint density at radius 3 is 2.50 bits per heavy atom.